The Labute approximate surface area is 93.0 Å². The molecule has 0 radical (unpaired) electrons. The maximum atomic E-state index is 9.51. The van der Waals surface area contributed by atoms with E-state index in [9.17, 15) is 5.11 Å². The van der Waals surface area contributed by atoms with E-state index >= 15 is 0 Å². The van der Waals surface area contributed by atoms with Gasteiger partial charge in [0.2, 0.25) is 0 Å². The Morgan fingerprint density at radius 1 is 1.29 bits per heavy atom. The zero-order valence-electron chi connectivity index (χ0n) is 8.62. The largest absolute Gasteiger partial charge is 0.491 e. The minimum absolute atomic E-state index is 0.113. The van der Waals surface area contributed by atoms with Crippen molar-refractivity contribution in [1.29, 1.82) is 0 Å². The maximum absolute atomic E-state index is 9.51. The van der Waals surface area contributed by atoms with Crippen molar-refractivity contribution >= 4 is 15.9 Å². The van der Waals surface area contributed by atoms with E-state index in [2.05, 4.69) is 15.9 Å². The van der Waals surface area contributed by atoms with Gasteiger partial charge >= 0.3 is 0 Å². The first-order valence-corrected chi connectivity index (χ1v) is 5.44. The number of hydrogen-bond acceptors (Lipinski definition) is 2. The lowest BCUT2D eigenvalue weighted by Crippen LogP contribution is -2.08. The highest BCUT2D eigenvalue weighted by molar-refractivity contribution is 9.10. The zero-order valence-corrected chi connectivity index (χ0v) is 10.2. The van der Waals surface area contributed by atoms with E-state index in [4.69, 9.17) is 4.74 Å². The SMILES string of the molecule is CC(C)Oc1cc(Br)ccc1C(C)O. The molecular formula is C11H15BrO2. The molecule has 0 saturated carbocycles. The average Bonchev–Trinajstić information content (AvgIpc) is 2.01. The fourth-order valence-electron chi connectivity index (χ4n) is 1.21. The predicted molar refractivity (Wildman–Crippen MR) is 60.5 cm³/mol. The zero-order chi connectivity index (χ0) is 10.7. The number of benzene rings is 1. The highest BCUT2D eigenvalue weighted by Gasteiger charge is 2.10. The Morgan fingerprint density at radius 3 is 2.43 bits per heavy atom. The van der Waals surface area contributed by atoms with Crippen LogP contribution in [0.1, 0.15) is 32.4 Å². The molecule has 3 heteroatoms. The molecule has 0 spiro atoms. The minimum Gasteiger partial charge on any atom is -0.491 e. The van der Waals surface area contributed by atoms with Gasteiger partial charge in [0, 0.05) is 10.0 Å². The molecule has 2 nitrogen and oxygen atoms in total. The van der Waals surface area contributed by atoms with Gasteiger partial charge in [-0.15, -0.1) is 0 Å². The summed E-state index contributed by atoms with van der Waals surface area (Å²) in [5, 5.41) is 9.51. The summed E-state index contributed by atoms with van der Waals surface area (Å²) in [6.07, 6.45) is -0.390. The van der Waals surface area contributed by atoms with Crippen molar-refractivity contribution in [3.05, 3.63) is 28.2 Å². The van der Waals surface area contributed by atoms with Crippen LogP contribution in [-0.2, 0) is 0 Å². The molecule has 1 aromatic rings. The maximum Gasteiger partial charge on any atom is 0.126 e. The lowest BCUT2D eigenvalue weighted by molar-refractivity contribution is 0.183. The summed E-state index contributed by atoms with van der Waals surface area (Å²) in [6, 6.07) is 5.64. The second kappa shape index (κ2) is 4.80. The quantitative estimate of drug-likeness (QED) is 0.902. The lowest BCUT2D eigenvalue weighted by Gasteiger charge is -2.16. The van der Waals surface area contributed by atoms with Gasteiger partial charge in [0.25, 0.3) is 0 Å². The van der Waals surface area contributed by atoms with Crippen LogP contribution in [0.2, 0.25) is 0 Å². The van der Waals surface area contributed by atoms with Crippen molar-refractivity contribution in [3.8, 4) is 5.75 Å². The number of ether oxygens (including phenoxy) is 1. The van der Waals surface area contributed by atoms with E-state index in [-0.39, 0.29) is 6.10 Å². The van der Waals surface area contributed by atoms with E-state index < -0.39 is 6.10 Å². The Balaban J connectivity index is 3.03. The number of rotatable bonds is 3. The molecule has 14 heavy (non-hydrogen) atoms. The van der Waals surface area contributed by atoms with Crippen LogP contribution < -0.4 is 4.74 Å². The Morgan fingerprint density at radius 2 is 1.93 bits per heavy atom. The first-order valence-electron chi connectivity index (χ1n) is 4.65. The molecule has 0 bridgehead atoms. The van der Waals surface area contributed by atoms with Gasteiger partial charge in [-0.05, 0) is 32.9 Å². The first kappa shape index (κ1) is 11.5. The van der Waals surface area contributed by atoms with Crippen LogP contribution in [0.4, 0.5) is 0 Å². The summed E-state index contributed by atoms with van der Waals surface area (Å²) < 4.78 is 6.55. The van der Waals surface area contributed by atoms with Crippen molar-refractivity contribution in [1.82, 2.24) is 0 Å². The Hall–Kier alpha value is -0.540. The molecule has 1 atom stereocenters. The molecule has 0 aliphatic rings. The molecule has 0 amide bonds. The summed E-state index contributed by atoms with van der Waals surface area (Å²) in [7, 11) is 0. The summed E-state index contributed by atoms with van der Waals surface area (Å²) in [4.78, 5) is 0. The summed E-state index contributed by atoms with van der Waals surface area (Å²) in [6.45, 7) is 5.66. The highest BCUT2D eigenvalue weighted by atomic mass is 79.9. The van der Waals surface area contributed by atoms with Crippen molar-refractivity contribution in [3.63, 3.8) is 0 Å². The van der Waals surface area contributed by atoms with E-state index in [1.807, 2.05) is 32.0 Å². The smallest absolute Gasteiger partial charge is 0.126 e. The van der Waals surface area contributed by atoms with Crippen LogP contribution >= 0.6 is 15.9 Å². The summed E-state index contributed by atoms with van der Waals surface area (Å²) >= 11 is 3.37. The van der Waals surface area contributed by atoms with Gasteiger partial charge < -0.3 is 9.84 Å². The van der Waals surface area contributed by atoms with Crippen molar-refractivity contribution in [2.24, 2.45) is 0 Å². The molecule has 1 unspecified atom stereocenters. The van der Waals surface area contributed by atoms with Crippen LogP contribution in [0.15, 0.2) is 22.7 Å². The highest BCUT2D eigenvalue weighted by Crippen LogP contribution is 2.29. The van der Waals surface area contributed by atoms with E-state index in [0.717, 1.165) is 15.8 Å². The van der Waals surface area contributed by atoms with Crippen LogP contribution in [0.3, 0.4) is 0 Å². The van der Waals surface area contributed by atoms with Crippen molar-refractivity contribution in [2.45, 2.75) is 33.0 Å². The second-order valence-electron chi connectivity index (χ2n) is 3.52. The summed E-state index contributed by atoms with van der Waals surface area (Å²) in [5.41, 5.74) is 0.821. The third-order valence-electron chi connectivity index (χ3n) is 1.79. The van der Waals surface area contributed by atoms with Gasteiger partial charge in [0.15, 0.2) is 0 Å². The molecule has 0 fully saturated rings. The third kappa shape index (κ3) is 3.00. The molecule has 0 aromatic heterocycles. The molecule has 1 rings (SSSR count). The van der Waals surface area contributed by atoms with Gasteiger partial charge in [0.05, 0.1) is 12.2 Å². The normalized spacial score (nSPS) is 13.0. The Kier molecular flexibility index (Phi) is 3.96. The topological polar surface area (TPSA) is 29.5 Å². The van der Waals surface area contributed by atoms with Crippen molar-refractivity contribution < 1.29 is 9.84 Å². The first-order chi connectivity index (χ1) is 6.50. The molecule has 0 aliphatic carbocycles. The molecule has 1 N–H and O–H groups in total. The standard InChI is InChI=1S/C11H15BrO2/c1-7(2)14-11-6-9(12)4-5-10(11)8(3)13/h4-8,13H,1-3H3. The van der Waals surface area contributed by atoms with Gasteiger partial charge in [-0.1, -0.05) is 22.0 Å². The molecule has 0 saturated heterocycles. The van der Waals surface area contributed by atoms with Gasteiger partial charge in [-0.2, -0.15) is 0 Å². The van der Waals surface area contributed by atoms with Crippen LogP contribution in [0.5, 0.6) is 5.75 Å². The van der Waals surface area contributed by atoms with E-state index in [0.29, 0.717) is 0 Å². The summed E-state index contributed by atoms with van der Waals surface area (Å²) in [5.74, 6) is 0.740. The molecular weight excluding hydrogens is 244 g/mol. The minimum atomic E-state index is -0.503. The molecule has 0 heterocycles. The fraction of sp³-hybridized carbons (Fsp3) is 0.455. The number of hydrogen-bond donors (Lipinski definition) is 1. The van der Waals surface area contributed by atoms with Crippen LogP contribution in [0, 0.1) is 0 Å². The number of halogens is 1. The third-order valence-corrected chi connectivity index (χ3v) is 2.28. The molecule has 78 valence electrons. The molecule has 0 aliphatic heterocycles. The number of aliphatic hydroxyl groups is 1. The predicted octanol–water partition coefficient (Wildman–Crippen LogP) is 3.29. The van der Waals surface area contributed by atoms with Crippen LogP contribution in [0.25, 0.3) is 0 Å². The second-order valence-corrected chi connectivity index (χ2v) is 4.44. The van der Waals surface area contributed by atoms with Crippen molar-refractivity contribution in [2.75, 3.05) is 0 Å². The van der Waals surface area contributed by atoms with E-state index in [1.165, 1.54) is 0 Å². The monoisotopic (exact) mass is 258 g/mol. The van der Waals surface area contributed by atoms with E-state index in [1.54, 1.807) is 6.92 Å². The van der Waals surface area contributed by atoms with Gasteiger partial charge in [0.1, 0.15) is 5.75 Å². The Bertz CT molecular complexity index is 308. The molecule has 1 aromatic carbocycles. The fourth-order valence-corrected chi connectivity index (χ4v) is 1.55. The van der Waals surface area contributed by atoms with Gasteiger partial charge in [-0.3, -0.25) is 0 Å². The lowest BCUT2D eigenvalue weighted by atomic mass is 10.1. The van der Waals surface area contributed by atoms with Gasteiger partial charge in [-0.25, -0.2) is 0 Å². The average molecular weight is 259 g/mol. The van der Waals surface area contributed by atoms with Crippen LogP contribution in [-0.4, -0.2) is 11.2 Å². The number of aliphatic hydroxyl groups excluding tert-OH is 1.